The van der Waals surface area contributed by atoms with Gasteiger partial charge in [-0.05, 0) is 18.2 Å². The van der Waals surface area contributed by atoms with E-state index in [0.29, 0.717) is 19.8 Å². The summed E-state index contributed by atoms with van der Waals surface area (Å²) in [6.45, 7) is 2.59. The topological polar surface area (TPSA) is 62.3 Å². The molecule has 0 fully saturated rings. The van der Waals surface area contributed by atoms with E-state index in [4.69, 9.17) is 15.2 Å². The second-order valence-corrected chi connectivity index (χ2v) is 4.14. The fourth-order valence-electron chi connectivity index (χ4n) is 1.98. The van der Waals surface area contributed by atoms with E-state index in [1.54, 1.807) is 6.33 Å². The van der Waals surface area contributed by atoms with Gasteiger partial charge in [0.2, 0.25) is 0 Å². The number of nitrogens with two attached hydrogens (primary N) is 1. The van der Waals surface area contributed by atoms with E-state index in [1.165, 1.54) is 0 Å². The summed E-state index contributed by atoms with van der Waals surface area (Å²) in [6.07, 6.45) is 3.78. The van der Waals surface area contributed by atoms with Crippen molar-refractivity contribution in [3.63, 3.8) is 0 Å². The molecule has 5 heteroatoms. The molecule has 2 heterocycles. The second-order valence-electron chi connectivity index (χ2n) is 4.14. The summed E-state index contributed by atoms with van der Waals surface area (Å²) in [4.78, 5) is 4.37. The standard InChI is InChI=1S/C13H15N3O2/c14-3-4-16-8-11(15-9-16)10-1-2-12-13(7-10)18-6-5-17-12/h1-2,7-9H,3-6,14H2. The number of hydrogen-bond donors (Lipinski definition) is 1. The first-order chi connectivity index (χ1) is 8.86. The molecule has 0 atom stereocenters. The van der Waals surface area contributed by atoms with Gasteiger partial charge in [-0.1, -0.05) is 0 Å². The number of imidazole rings is 1. The lowest BCUT2D eigenvalue weighted by Gasteiger charge is -2.18. The molecule has 0 spiro atoms. The van der Waals surface area contributed by atoms with E-state index in [-0.39, 0.29) is 0 Å². The summed E-state index contributed by atoms with van der Waals surface area (Å²) in [7, 11) is 0. The molecule has 2 N–H and O–H groups in total. The molecular formula is C13H15N3O2. The Bertz CT molecular complexity index is 551. The SMILES string of the molecule is NCCn1cnc(-c2ccc3c(c2)OCCO3)c1. The van der Waals surface area contributed by atoms with Crippen LogP contribution in [0.15, 0.2) is 30.7 Å². The van der Waals surface area contributed by atoms with Crippen LogP contribution >= 0.6 is 0 Å². The average molecular weight is 245 g/mol. The van der Waals surface area contributed by atoms with Crippen LogP contribution in [0.25, 0.3) is 11.3 Å². The Labute approximate surface area is 105 Å². The quantitative estimate of drug-likeness (QED) is 0.884. The number of aromatic nitrogens is 2. The van der Waals surface area contributed by atoms with Crippen molar-refractivity contribution in [2.75, 3.05) is 19.8 Å². The highest BCUT2D eigenvalue weighted by Crippen LogP contribution is 2.33. The molecule has 0 amide bonds. The second kappa shape index (κ2) is 4.70. The van der Waals surface area contributed by atoms with Crippen LogP contribution in [0.3, 0.4) is 0 Å². The van der Waals surface area contributed by atoms with Crippen molar-refractivity contribution in [3.05, 3.63) is 30.7 Å². The van der Waals surface area contributed by atoms with Crippen molar-refractivity contribution in [1.29, 1.82) is 0 Å². The van der Waals surface area contributed by atoms with Crippen molar-refractivity contribution >= 4 is 0 Å². The molecule has 3 rings (SSSR count). The molecule has 1 aromatic carbocycles. The Hall–Kier alpha value is -2.01. The lowest BCUT2D eigenvalue weighted by Crippen LogP contribution is -2.15. The maximum absolute atomic E-state index is 5.56. The summed E-state index contributed by atoms with van der Waals surface area (Å²) in [5, 5.41) is 0. The normalized spacial score (nSPS) is 13.6. The molecular weight excluding hydrogens is 230 g/mol. The van der Waals surface area contributed by atoms with Gasteiger partial charge < -0.3 is 19.8 Å². The molecule has 2 aromatic rings. The Kier molecular flexibility index (Phi) is 2.90. The molecule has 94 valence electrons. The van der Waals surface area contributed by atoms with Crippen molar-refractivity contribution in [2.24, 2.45) is 5.73 Å². The van der Waals surface area contributed by atoms with Crippen LogP contribution in [0, 0.1) is 0 Å². The van der Waals surface area contributed by atoms with Gasteiger partial charge in [-0.3, -0.25) is 0 Å². The van der Waals surface area contributed by atoms with E-state index in [9.17, 15) is 0 Å². The van der Waals surface area contributed by atoms with E-state index in [0.717, 1.165) is 29.3 Å². The van der Waals surface area contributed by atoms with Gasteiger partial charge in [0.05, 0.1) is 12.0 Å². The minimum atomic E-state index is 0.595. The number of benzene rings is 1. The number of hydrogen-bond acceptors (Lipinski definition) is 4. The van der Waals surface area contributed by atoms with Gasteiger partial charge >= 0.3 is 0 Å². The first-order valence-corrected chi connectivity index (χ1v) is 5.98. The summed E-state index contributed by atoms with van der Waals surface area (Å²) >= 11 is 0. The van der Waals surface area contributed by atoms with Crippen LogP contribution in [0.2, 0.25) is 0 Å². The lowest BCUT2D eigenvalue weighted by molar-refractivity contribution is 0.171. The highest BCUT2D eigenvalue weighted by molar-refractivity contribution is 5.63. The molecule has 0 unspecified atom stereocenters. The van der Waals surface area contributed by atoms with E-state index in [1.807, 2.05) is 29.0 Å². The Morgan fingerprint density at radius 1 is 1.22 bits per heavy atom. The predicted octanol–water partition coefficient (Wildman–Crippen LogP) is 1.28. The molecule has 18 heavy (non-hydrogen) atoms. The number of rotatable bonds is 3. The summed E-state index contributed by atoms with van der Waals surface area (Å²) in [5.74, 6) is 1.58. The fourth-order valence-corrected chi connectivity index (χ4v) is 1.98. The maximum Gasteiger partial charge on any atom is 0.162 e. The highest BCUT2D eigenvalue weighted by Gasteiger charge is 2.13. The van der Waals surface area contributed by atoms with Gasteiger partial charge in [0.25, 0.3) is 0 Å². The molecule has 0 saturated heterocycles. The lowest BCUT2D eigenvalue weighted by atomic mass is 10.1. The van der Waals surface area contributed by atoms with E-state index >= 15 is 0 Å². The minimum absolute atomic E-state index is 0.595. The fraction of sp³-hybridized carbons (Fsp3) is 0.308. The number of fused-ring (bicyclic) bond motifs is 1. The molecule has 0 saturated carbocycles. The molecule has 0 aliphatic carbocycles. The van der Waals surface area contributed by atoms with Crippen molar-refractivity contribution in [1.82, 2.24) is 9.55 Å². The molecule has 0 bridgehead atoms. The van der Waals surface area contributed by atoms with E-state index < -0.39 is 0 Å². The largest absolute Gasteiger partial charge is 0.486 e. The van der Waals surface area contributed by atoms with Gasteiger partial charge in [-0.15, -0.1) is 0 Å². The minimum Gasteiger partial charge on any atom is -0.486 e. The number of nitrogens with zero attached hydrogens (tertiary/aromatic N) is 2. The smallest absolute Gasteiger partial charge is 0.162 e. The summed E-state index contributed by atoms with van der Waals surface area (Å²) in [5.41, 5.74) is 7.45. The predicted molar refractivity (Wildman–Crippen MR) is 67.7 cm³/mol. The zero-order valence-electron chi connectivity index (χ0n) is 10.0. The van der Waals surface area contributed by atoms with Crippen molar-refractivity contribution in [3.8, 4) is 22.8 Å². The third-order valence-corrected chi connectivity index (χ3v) is 2.86. The van der Waals surface area contributed by atoms with Gasteiger partial charge in [-0.2, -0.15) is 0 Å². The zero-order valence-corrected chi connectivity index (χ0v) is 10.0. The van der Waals surface area contributed by atoms with E-state index in [2.05, 4.69) is 4.98 Å². The van der Waals surface area contributed by atoms with Crippen LogP contribution in [0.1, 0.15) is 0 Å². The average Bonchev–Trinajstić information content (AvgIpc) is 2.87. The van der Waals surface area contributed by atoms with Crippen molar-refractivity contribution in [2.45, 2.75) is 6.54 Å². The first-order valence-electron chi connectivity index (χ1n) is 5.98. The number of ether oxygens (including phenoxy) is 2. The monoisotopic (exact) mass is 245 g/mol. The van der Waals surface area contributed by atoms with Crippen LogP contribution in [-0.2, 0) is 6.54 Å². The Morgan fingerprint density at radius 3 is 2.89 bits per heavy atom. The van der Waals surface area contributed by atoms with Gasteiger partial charge in [0, 0.05) is 24.8 Å². The molecule has 0 radical (unpaired) electrons. The van der Waals surface area contributed by atoms with Crippen molar-refractivity contribution < 1.29 is 9.47 Å². The highest BCUT2D eigenvalue weighted by atomic mass is 16.6. The zero-order chi connectivity index (χ0) is 12.4. The molecule has 1 aliphatic rings. The summed E-state index contributed by atoms with van der Waals surface area (Å²) < 4.78 is 13.0. The summed E-state index contributed by atoms with van der Waals surface area (Å²) in [6, 6.07) is 5.87. The van der Waals surface area contributed by atoms with Crippen LogP contribution in [0.5, 0.6) is 11.5 Å². The molecule has 1 aliphatic heterocycles. The Balaban J connectivity index is 1.91. The maximum atomic E-state index is 5.56. The molecule has 5 nitrogen and oxygen atoms in total. The van der Waals surface area contributed by atoms with Gasteiger partial charge in [0.15, 0.2) is 11.5 Å². The first kappa shape index (κ1) is 11.1. The van der Waals surface area contributed by atoms with Crippen LogP contribution < -0.4 is 15.2 Å². The molecule has 1 aromatic heterocycles. The third kappa shape index (κ3) is 2.04. The Morgan fingerprint density at radius 2 is 2.06 bits per heavy atom. The van der Waals surface area contributed by atoms with Crippen LogP contribution in [0.4, 0.5) is 0 Å². The van der Waals surface area contributed by atoms with Crippen LogP contribution in [-0.4, -0.2) is 29.3 Å². The van der Waals surface area contributed by atoms with Gasteiger partial charge in [-0.25, -0.2) is 4.98 Å². The van der Waals surface area contributed by atoms with Gasteiger partial charge in [0.1, 0.15) is 13.2 Å². The third-order valence-electron chi connectivity index (χ3n) is 2.86.